The highest BCUT2D eigenvalue weighted by Gasteiger charge is 2.49. The van der Waals surface area contributed by atoms with E-state index in [2.05, 4.69) is 52.1 Å². The van der Waals surface area contributed by atoms with Gasteiger partial charge in [-0.05, 0) is 149 Å². The molecule has 1 atom stereocenters. The summed E-state index contributed by atoms with van der Waals surface area (Å²) < 4.78 is 134. The van der Waals surface area contributed by atoms with Crippen LogP contribution in [0, 0.1) is 25.1 Å². The minimum absolute atomic E-state index is 0.0141. The highest BCUT2D eigenvalue weighted by Crippen LogP contribution is 2.43. The van der Waals surface area contributed by atoms with Gasteiger partial charge in [-0.25, -0.2) is 21.2 Å². The molecule has 1 aromatic heterocycles. The van der Waals surface area contributed by atoms with Gasteiger partial charge in [0.2, 0.25) is 0 Å². The van der Waals surface area contributed by atoms with Crippen molar-refractivity contribution in [1.29, 1.82) is 0 Å². The molecule has 2 fully saturated rings. The summed E-state index contributed by atoms with van der Waals surface area (Å²) in [6.45, 7) is 12.9. The molecule has 0 aliphatic carbocycles. The van der Waals surface area contributed by atoms with Crippen LogP contribution in [0.5, 0.6) is 0 Å². The van der Waals surface area contributed by atoms with Gasteiger partial charge in [0, 0.05) is 102 Å². The Kier molecular flexibility index (Phi) is 18.5. The number of esters is 1. The Morgan fingerprint density at radius 2 is 1.49 bits per heavy atom. The molecular weight excluding hydrogens is 1140 g/mol. The Morgan fingerprint density at radius 1 is 0.850 bits per heavy atom. The molecule has 80 heavy (non-hydrogen) atoms. The van der Waals surface area contributed by atoms with E-state index in [1.807, 2.05) is 65.6 Å². The van der Waals surface area contributed by atoms with Gasteiger partial charge in [0.1, 0.15) is 10.7 Å². The van der Waals surface area contributed by atoms with Gasteiger partial charge in [-0.15, -0.1) is 11.8 Å². The SMILES string of the molecule is Cc1c(-c2cc(F)cc(N3CCN(c4ccc(NS(=O)(=O)c5ccc(N[C@H](CCN6CC(C)(C(=O)OCCCP(=O)(O)O)C6)CSc6ccccc6)c(S(=O)(=O)C(F)(F)F)c5)cc4)CC3)c2)c(-c2ccc(Cl)cc2)n(C(C)C)c1C. The van der Waals surface area contributed by atoms with Gasteiger partial charge in [0.25, 0.3) is 19.9 Å². The maximum atomic E-state index is 15.7. The number of sulfone groups is 1. The highest BCUT2D eigenvalue weighted by atomic mass is 35.5. The normalized spacial score (nSPS) is 15.7. The van der Waals surface area contributed by atoms with Crippen molar-refractivity contribution in [3.05, 3.63) is 137 Å². The fourth-order valence-corrected chi connectivity index (χ4v) is 14.0. The number of carbonyl (C=O) groups excluding carboxylic acids is 1. The Bertz CT molecular complexity index is 3470. The number of likely N-dealkylation sites (tertiary alicyclic amines) is 1. The van der Waals surface area contributed by atoms with E-state index in [-0.39, 0.29) is 55.8 Å². The maximum absolute atomic E-state index is 15.7. The molecule has 8 rings (SSSR count). The van der Waals surface area contributed by atoms with Crippen molar-refractivity contribution in [2.75, 3.05) is 84.2 Å². The van der Waals surface area contributed by atoms with Crippen LogP contribution < -0.4 is 19.8 Å². The molecule has 0 saturated carbocycles. The molecule has 24 heteroatoms. The Balaban J connectivity index is 0.943. The van der Waals surface area contributed by atoms with Crippen molar-refractivity contribution in [3.63, 3.8) is 0 Å². The van der Waals surface area contributed by atoms with Crippen LogP contribution >= 0.6 is 31.0 Å². The standard InChI is InChI=1S/C56H64ClF4N6O9PS3/c1-37(2)67-39(4)38(3)52(53(67)40-12-14-42(57)15-13-40)41-30-43(58)32-47(31-41)66-26-24-65(25-27-66)46-18-16-44(17-19-46)63-80(74,75)49-20-21-50(51(33-49)79(72,73)56(59,60)61)62-45(34-78-48-10-7-6-8-11-48)22-23-64-35-55(5,36-64)54(68)76-28-9-29-77(69,70)71/h6-8,10-21,30-33,37,45,62-63H,9,22-29,34-36H2,1-5H3,(H2,69,70,71)/t45-/m1/s1. The number of ether oxygens (including phenoxy) is 1. The number of anilines is 4. The van der Waals surface area contributed by atoms with Crippen LogP contribution in [-0.4, -0.2) is 118 Å². The second-order valence-electron chi connectivity index (χ2n) is 20.7. The average Bonchev–Trinajstić information content (AvgIpc) is 3.67. The molecule has 3 heterocycles. The Hall–Kier alpha value is -5.58. The summed E-state index contributed by atoms with van der Waals surface area (Å²) in [6.07, 6.45) is -0.176. The molecule has 430 valence electrons. The zero-order chi connectivity index (χ0) is 58.0. The molecule has 6 aromatic rings. The summed E-state index contributed by atoms with van der Waals surface area (Å²) in [4.78, 5) is 36.0. The van der Waals surface area contributed by atoms with Crippen molar-refractivity contribution in [3.8, 4) is 22.4 Å². The van der Waals surface area contributed by atoms with E-state index in [0.29, 0.717) is 43.8 Å². The van der Waals surface area contributed by atoms with Gasteiger partial charge < -0.3 is 39.1 Å². The average molecular weight is 1200 g/mol. The monoisotopic (exact) mass is 1200 g/mol. The van der Waals surface area contributed by atoms with E-state index in [1.165, 1.54) is 30.0 Å². The Morgan fingerprint density at radius 3 is 2.10 bits per heavy atom. The quantitative estimate of drug-likeness (QED) is 0.0165. The first-order valence-corrected chi connectivity index (χ1v) is 32.0. The topological polar surface area (TPSA) is 191 Å². The number of hydrogen-bond donors (Lipinski definition) is 4. The molecule has 0 amide bonds. The van der Waals surface area contributed by atoms with E-state index in [4.69, 9.17) is 26.1 Å². The number of aromatic nitrogens is 1. The first-order valence-electron chi connectivity index (χ1n) is 25.9. The lowest BCUT2D eigenvalue weighted by Crippen LogP contribution is -2.59. The molecule has 0 spiro atoms. The molecule has 5 aromatic carbocycles. The first-order chi connectivity index (χ1) is 37.6. The second-order valence-corrected chi connectivity index (χ2v) is 27.6. The zero-order valence-electron chi connectivity index (χ0n) is 44.7. The minimum Gasteiger partial charge on any atom is -0.465 e. The van der Waals surface area contributed by atoms with Crippen LogP contribution in [0.15, 0.2) is 130 Å². The van der Waals surface area contributed by atoms with E-state index in [0.717, 1.165) is 62.0 Å². The van der Waals surface area contributed by atoms with Gasteiger partial charge in [-0.1, -0.05) is 41.9 Å². The summed E-state index contributed by atoms with van der Waals surface area (Å²) in [6, 6.07) is 30.3. The molecular formula is C56H64ClF4N6O9PS3. The van der Waals surface area contributed by atoms with Crippen LogP contribution in [0.3, 0.4) is 0 Å². The predicted octanol–water partition coefficient (Wildman–Crippen LogP) is 11.6. The van der Waals surface area contributed by atoms with Crippen molar-refractivity contribution < 1.29 is 58.3 Å². The van der Waals surface area contributed by atoms with Gasteiger partial charge in [0.05, 0.1) is 34.5 Å². The largest absolute Gasteiger partial charge is 0.501 e. The van der Waals surface area contributed by atoms with Crippen LogP contribution in [0.2, 0.25) is 5.02 Å². The van der Waals surface area contributed by atoms with Crippen molar-refractivity contribution in [1.82, 2.24) is 9.47 Å². The van der Waals surface area contributed by atoms with Crippen LogP contribution in [-0.2, 0) is 34.0 Å². The molecule has 2 saturated heterocycles. The van der Waals surface area contributed by atoms with Crippen LogP contribution in [0.1, 0.15) is 50.9 Å². The summed E-state index contributed by atoms with van der Waals surface area (Å²) in [5, 5.41) is 3.58. The number of nitrogens with one attached hydrogen (secondary N) is 2. The van der Waals surface area contributed by atoms with Crippen molar-refractivity contribution >= 4 is 79.5 Å². The van der Waals surface area contributed by atoms with Gasteiger partial charge >= 0.3 is 19.1 Å². The van der Waals surface area contributed by atoms with Crippen LogP contribution in [0.4, 0.5) is 40.3 Å². The minimum atomic E-state index is -6.12. The molecule has 0 unspecified atom stereocenters. The number of carbonyl (C=O) groups is 1. The number of halogens is 5. The number of nitrogens with zero attached hydrogens (tertiary/aromatic N) is 4. The molecule has 0 radical (unpaired) electrons. The number of piperazine rings is 1. The van der Waals surface area contributed by atoms with Gasteiger partial charge in [0.15, 0.2) is 0 Å². The van der Waals surface area contributed by atoms with Gasteiger partial charge in [-0.2, -0.15) is 13.2 Å². The maximum Gasteiger partial charge on any atom is 0.501 e. The second kappa shape index (κ2) is 24.5. The summed E-state index contributed by atoms with van der Waals surface area (Å²) >= 11 is 7.64. The van der Waals surface area contributed by atoms with Gasteiger partial charge in [-0.3, -0.25) is 14.1 Å². The van der Waals surface area contributed by atoms with E-state index < -0.39 is 72.0 Å². The molecule has 4 N–H and O–H groups in total. The Labute approximate surface area is 473 Å². The smallest absolute Gasteiger partial charge is 0.465 e. The number of benzene rings is 5. The highest BCUT2D eigenvalue weighted by molar-refractivity contribution is 7.99. The summed E-state index contributed by atoms with van der Waals surface area (Å²) in [7, 11) is -15.0. The third kappa shape index (κ3) is 14.2. The molecule has 15 nitrogen and oxygen atoms in total. The number of thioether (sulfide) groups is 1. The number of hydrogen-bond acceptors (Lipinski definition) is 12. The van der Waals surface area contributed by atoms with Crippen molar-refractivity contribution in [2.24, 2.45) is 5.41 Å². The lowest BCUT2D eigenvalue weighted by Gasteiger charge is -2.46. The predicted molar refractivity (Wildman–Crippen MR) is 308 cm³/mol. The van der Waals surface area contributed by atoms with Crippen LogP contribution in [0.25, 0.3) is 22.4 Å². The fraction of sp³-hybridized carbons (Fsp3) is 0.375. The van der Waals surface area contributed by atoms with E-state index in [1.54, 1.807) is 25.1 Å². The molecule has 2 aliphatic rings. The number of sulfonamides is 1. The lowest BCUT2D eigenvalue weighted by molar-refractivity contribution is -0.165. The summed E-state index contributed by atoms with van der Waals surface area (Å²) in [5.74, 6) is -0.652. The molecule has 0 bridgehead atoms. The summed E-state index contributed by atoms with van der Waals surface area (Å²) in [5.41, 5.74) is 0.170. The fourth-order valence-electron chi connectivity index (χ4n) is 10.2. The third-order valence-electron chi connectivity index (χ3n) is 14.4. The first kappa shape index (κ1) is 60.5. The zero-order valence-corrected chi connectivity index (χ0v) is 48.8. The molecule has 2 aliphatic heterocycles. The lowest BCUT2D eigenvalue weighted by atomic mass is 9.82. The van der Waals surface area contributed by atoms with E-state index >= 15 is 4.39 Å². The number of alkyl halides is 3. The third-order valence-corrected chi connectivity index (χ3v) is 19.6. The number of rotatable bonds is 22. The van der Waals surface area contributed by atoms with Crippen molar-refractivity contribution in [2.45, 2.75) is 79.7 Å². The van der Waals surface area contributed by atoms with E-state index in [9.17, 15) is 39.4 Å².